The standard InChI is InChI=1S/C10H19N3/c1-4-11-9(2)5-6-10-7-8-13(3)12-10/h7-9,11H,4-6H2,1-3H3. The van der Waals surface area contributed by atoms with Crippen molar-refractivity contribution in [2.45, 2.75) is 32.7 Å². The molecule has 0 amide bonds. The van der Waals surface area contributed by atoms with Gasteiger partial charge in [0.2, 0.25) is 0 Å². The summed E-state index contributed by atoms with van der Waals surface area (Å²) >= 11 is 0. The van der Waals surface area contributed by atoms with Gasteiger partial charge < -0.3 is 5.32 Å². The summed E-state index contributed by atoms with van der Waals surface area (Å²) in [5.74, 6) is 0. The maximum absolute atomic E-state index is 4.33. The molecule has 0 spiro atoms. The zero-order chi connectivity index (χ0) is 9.68. The molecule has 13 heavy (non-hydrogen) atoms. The van der Waals surface area contributed by atoms with Crippen molar-refractivity contribution >= 4 is 0 Å². The predicted octanol–water partition coefficient (Wildman–Crippen LogP) is 1.35. The van der Waals surface area contributed by atoms with E-state index in [2.05, 4.69) is 30.3 Å². The van der Waals surface area contributed by atoms with Gasteiger partial charge in [0, 0.05) is 19.3 Å². The number of rotatable bonds is 5. The molecule has 0 bridgehead atoms. The molecule has 0 saturated carbocycles. The average molecular weight is 181 g/mol. The van der Waals surface area contributed by atoms with E-state index in [4.69, 9.17) is 0 Å². The molecular weight excluding hydrogens is 162 g/mol. The first-order chi connectivity index (χ1) is 6.22. The molecule has 0 radical (unpaired) electrons. The molecule has 3 heteroatoms. The molecule has 0 aliphatic heterocycles. The van der Waals surface area contributed by atoms with Crippen LogP contribution in [0.2, 0.25) is 0 Å². The topological polar surface area (TPSA) is 29.9 Å². The Morgan fingerprint density at radius 1 is 1.62 bits per heavy atom. The molecule has 0 aliphatic rings. The Morgan fingerprint density at radius 2 is 2.38 bits per heavy atom. The van der Waals surface area contributed by atoms with Crippen LogP contribution in [0.4, 0.5) is 0 Å². The van der Waals surface area contributed by atoms with Gasteiger partial charge in [-0.1, -0.05) is 6.92 Å². The van der Waals surface area contributed by atoms with E-state index in [1.165, 1.54) is 5.69 Å². The summed E-state index contributed by atoms with van der Waals surface area (Å²) in [7, 11) is 1.96. The Kier molecular flexibility index (Phi) is 3.96. The van der Waals surface area contributed by atoms with E-state index in [0.717, 1.165) is 19.4 Å². The molecule has 1 aromatic heterocycles. The van der Waals surface area contributed by atoms with Crippen LogP contribution in [0.1, 0.15) is 26.0 Å². The van der Waals surface area contributed by atoms with Crippen molar-refractivity contribution in [2.75, 3.05) is 6.54 Å². The lowest BCUT2D eigenvalue weighted by atomic mass is 10.1. The summed E-state index contributed by atoms with van der Waals surface area (Å²) in [4.78, 5) is 0. The van der Waals surface area contributed by atoms with Crippen molar-refractivity contribution < 1.29 is 0 Å². The fourth-order valence-corrected chi connectivity index (χ4v) is 1.41. The number of aryl methyl sites for hydroxylation is 2. The largest absolute Gasteiger partial charge is 0.315 e. The summed E-state index contributed by atoms with van der Waals surface area (Å²) in [6.07, 6.45) is 4.22. The minimum Gasteiger partial charge on any atom is -0.315 e. The molecule has 0 aliphatic carbocycles. The van der Waals surface area contributed by atoms with Crippen LogP contribution in [0, 0.1) is 0 Å². The third kappa shape index (κ3) is 3.59. The lowest BCUT2D eigenvalue weighted by Crippen LogP contribution is -2.25. The lowest BCUT2D eigenvalue weighted by Gasteiger charge is -2.10. The molecule has 1 unspecified atom stereocenters. The van der Waals surface area contributed by atoms with Gasteiger partial charge in [-0.25, -0.2) is 0 Å². The summed E-state index contributed by atoms with van der Waals surface area (Å²) in [6, 6.07) is 2.67. The highest BCUT2D eigenvalue weighted by atomic mass is 15.2. The Morgan fingerprint density at radius 3 is 2.92 bits per heavy atom. The fourth-order valence-electron chi connectivity index (χ4n) is 1.41. The van der Waals surface area contributed by atoms with Gasteiger partial charge in [-0.2, -0.15) is 5.10 Å². The first-order valence-corrected chi connectivity index (χ1v) is 4.94. The molecule has 1 rings (SSSR count). The third-order valence-corrected chi connectivity index (χ3v) is 2.15. The van der Waals surface area contributed by atoms with E-state index in [1.54, 1.807) is 0 Å². The first kappa shape index (κ1) is 10.3. The van der Waals surface area contributed by atoms with E-state index in [0.29, 0.717) is 6.04 Å². The van der Waals surface area contributed by atoms with Crippen LogP contribution in [0.5, 0.6) is 0 Å². The highest BCUT2D eigenvalue weighted by Crippen LogP contribution is 2.01. The van der Waals surface area contributed by atoms with Crippen molar-refractivity contribution in [3.05, 3.63) is 18.0 Å². The lowest BCUT2D eigenvalue weighted by molar-refractivity contribution is 0.526. The molecule has 0 fully saturated rings. The van der Waals surface area contributed by atoms with Gasteiger partial charge in [-0.3, -0.25) is 4.68 Å². The molecule has 74 valence electrons. The van der Waals surface area contributed by atoms with E-state index in [-0.39, 0.29) is 0 Å². The summed E-state index contributed by atoms with van der Waals surface area (Å²) < 4.78 is 1.85. The summed E-state index contributed by atoms with van der Waals surface area (Å²) in [6.45, 7) is 5.40. The Bertz CT molecular complexity index is 242. The Labute approximate surface area is 80.1 Å². The normalized spacial score (nSPS) is 13.2. The molecule has 0 aromatic carbocycles. The smallest absolute Gasteiger partial charge is 0.0625 e. The van der Waals surface area contributed by atoms with Crippen molar-refractivity contribution in [3.63, 3.8) is 0 Å². The highest BCUT2D eigenvalue weighted by Gasteiger charge is 2.01. The summed E-state index contributed by atoms with van der Waals surface area (Å²) in [5.41, 5.74) is 1.19. The average Bonchev–Trinajstić information content (AvgIpc) is 2.49. The minimum absolute atomic E-state index is 0.590. The van der Waals surface area contributed by atoms with E-state index in [1.807, 2.05) is 17.9 Å². The quantitative estimate of drug-likeness (QED) is 0.743. The van der Waals surface area contributed by atoms with Gasteiger partial charge in [0.1, 0.15) is 0 Å². The number of hydrogen-bond donors (Lipinski definition) is 1. The Hall–Kier alpha value is -0.830. The van der Waals surface area contributed by atoms with Crippen LogP contribution in [0.15, 0.2) is 12.3 Å². The SMILES string of the molecule is CCNC(C)CCc1ccn(C)n1. The minimum atomic E-state index is 0.590. The van der Waals surface area contributed by atoms with Gasteiger partial charge in [0.05, 0.1) is 5.69 Å². The van der Waals surface area contributed by atoms with Crippen LogP contribution in [0.25, 0.3) is 0 Å². The van der Waals surface area contributed by atoms with Crippen LogP contribution in [-0.2, 0) is 13.5 Å². The molecule has 0 saturated heterocycles. The second-order valence-electron chi connectivity index (χ2n) is 3.48. The van der Waals surface area contributed by atoms with Gasteiger partial charge in [0.15, 0.2) is 0 Å². The van der Waals surface area contributed by atoms with Crippen LogP contribution in [-0.4, -0.2) is 22.4 Å². The number of nitrogens with one attached hydrogen (secondary N) is 1. The molecule has 1 heterocycles. The van der Waals surface area contributed by atoms with Gasteiger partial charge in [-0.05, 0) is 32.4 Å². The maximum Gasteiger partial charge on any atom is 0.0625 e. The zero-order valence-corrected chi connectivity index (χ0v) is 8.75. The second kappa shape index (κ2) is 5.02. The first-order valence-electron chi connectivity index (χ1n) is 4.94. The summed E-state index contributed by atoms with van der Waals surface area (Å²) in [5, 5.41) is 7.72. The molecular formula is C10H19N3. The Balaban J connectivity index is 2.26. The van der Waals surface area contributed by atoms with E-state index in [9.17, 15) is 0 Å². The van der Waals surface area contributed by atoms with Crippen LogP contribution < -0.4 is 5.32 Å². The molecule has 3 nitrogen and oxygen atoms in total. The molecule has 1 N–H and O–H groups in total. The second-order valence-corrected chi connectivity index (χ2v) is 3.48. The highest BCUT2D eigenvalue weighted by molar-refractivity contribution is 4.98. The van der Waals surface area contributed by atoms with Crippen molar-refractivity contribution in [1.29, 1.82) is 0 Å². The zero-order valence-electron chi connectivity index (χ0n) is 8.75. The van der Waals surface area contributed by atoms with Gasteiger partial charge in [0.25, 0.3) is 0 Å². The third-order valence-electron chi connectivity index (χ3n) is 2.15. The number of hydrogen-bond acceptors (Lipinski definition) is 2. The van der Waals surface area contributed by atoms with E-state index < -0.39 is 0 Å². The number of aromatic nitrogens is 2. The fraction of sp³-hybridized carbons (Fsp3) is 0.700. The van der Waals surface area contributed by atoms with Crippen molar-refractivity contribution in [2.24, 2.45) is 7.05 Å². The maximum atomic E-state index is 4.33. The molecule has 1 atom stereocenters. The van der Waals surface area contributed by atoms with Gasteiger partial charge in [-0.15, -0.1) is 0 Å². The predicted molar refractivity (Wildman–Crippen MR) is 54.7 cm³/mol. The van der Waals surface area contributed by atoms with Crippen molar-refractivity contribution in [1.82, 2.24) is 15.1 Å². The van der Waals surface area contributed by atoms with E-state index >= 15 is 0 Å². The van der Waals surface area contributed by atoms with Crippen LogP contribution >= 0.6 is 0 Å². The number of nitrogens with zero attached hydrogens (tertiary/aromatic N) is 2. The van der Waals surface area contributed by atoms with Gasteiger partial charge >= 0.3 is 0 Å². The van der Waals surface area contributed by atoms with Crippen molar-refractivity contribution in [3.8, 4) is 0 Å². The monoisotopic (exact) mass is 181 g/mol. The van der Waals surface area contributed by atoms with Crippen LogP contribution in [0.3, 0.4) is 0 Å². The molecule has 1 aromatic rings.